The molecule has 0 aromatic heterocycles. The first-order chi connectivity index (χ1) is 7.61. The Bertz CT molecular complexity index is 357. The number of hydrogen-bond donors (Lipinski definition) is 3. The van der Waals surface area contributed by atoms with E-state index in [9.17, 15) is 9.90 Å². The maximum Gasteiger partial charge on any atom is 0.307 e. The molecule has 0 aliphatic rings. The van der Waals surface area contributed by atoms with Crippen molar-refractivity contribution in [3.05, 3.63) is 29.8 Å². The van der Waals surface area contributed by atoms with E-state index in [2.05, 4.69) is 5.32 Å². The molecule has 0 radical (unpaired) electrons. The lowest BCUT2D eigenvalue weighted by molar-refractivity contribution is -0.136. The molecule has 0 heterocycles. The van der Waals surface area contributed by atoms with Crippen molar-refractivity contribution < 1.29 is 15.0 Å². The number of nitrogens with one attached hydrogen (secondary N) is 1. The van der Waals surface area contributed by atoms with E-state index in [1.54, 1.807) is 18.2 Å². The van der Waals surface area contributed by atoms with Gasteiger partial charge in [-0.1, -0.05) is 12.1 Å². The molecule has 1 atom stereocenters. The minimum absolute atomic E-state index is 0.00637. The van der Waals surface area contributed by atoms with Crippen LogP contribution < -0.4 is 5.32 Å². The van der Waals surface area contributed by atoms with Crippen molar-refractivity contribution in [3.8, 4) is 0 Å². The van der Waals surface area contributed by atoms with Crippen LogP contribution in [0.15, 0.2) is 24.3 Å². The summed E-state index contributed by atoms with van der Waals surface area (Å²) in [6.45, 7) is 0.347. The average Bonchev–Trinajstić information content (AvgIpc) is 2.25. The Kier molecular flexibility index (Phi) is 5.08. The minimum Gasteiger partial charge on any atom is -0.481 e. The molecule has 16 heavy (non-hydrogen) atoms. The predicted octanol–water partition coefficient (Wildman–Crippen LogP) is 1.33. The van der Waals surface area contributed by atoms with Crippen LogP contribution in [-0.2, 0) is 11.2 Å². The normalized spacial score (nSPS) is 12.1. The number of aliphatic hydroxyl groups is 1. The summed E-state index contributed by atoms with van der Waals surface area (Å²) in [5.74, 6) is -0.695. The highest BCUT2D eigenvalue weighted by Crippen LogP contribution is 2.11. The molecule has 0 saturated carbocycles. The highest BCUT2D eigenvalue weighted by molar-refractivity contribution is 6.18. The summed E-state index contributed by atoms with van der Waals surface area (Å²) in [7, 11) is 0. The van der Waals surface area contributed by atoms with E-state index < -0.39 is 12.1 Å². The zero-order valence-electron chi connectivity index (χ0n) is 8.69. The molecule has 1 unspecified atom stereocenters. The zero-order valence-corrected chi connectivity index (χ0v) is 9.44. The van der Waals surface area contributed by atoms with Crippen LogP contribution in [0.5, 0.6) is 0 Å². The van der Waals surface area contributed by atoms with Crippen molar-refractivity contribution in [2.24, 2.45) is 0 Å². The van der Waals surface area contributed by atoms with E-state index in [1.165, 1.54) is 0 Å². The van der Waals surface area contributed by atoms with Gasteiger partial charge in [0.1, 0.15) is 0 Å². The number of benzene rings is 1. The quantitative estimate of drug-likeness (QED) is 0.660. The molecule has 88 valence electrons. The lowest BCUT2D eigenvalue weighted by Gasteiger charge is -2.10. The van der Waals surface area contributed by atoms with Crippen molar-refractivity contribution in [2.45, 2.75) is 12.5 Å². The van der Waals surface area contributed by atoms with Gasteiger partial charge in [0, 0.05) is 12.2 Å². The molecule has 0 amide bonds. The number of anilines is 1. The third kappa shape index (κ3) is 4.51. The Balaban J connectivity index is 2.56. The van der Waals surface area contributed by atoms with E-state index in [4.69, 9.17) is 16.7 Å². The van der Waals surface area contributed by atoms with Gasteiger partial charge in [-0.15, -0.1) is 11.6 Å². The van der Waals surface area contributed by atoms with Gasteiger partial charge in [0.05, 0.1) is 18.4 Å². The standard InChI is InChI=1S/C11H14ClNO3/c12-6-10(14)7-13-9-3-1-2-8(4-9)5-11(15)16/h1-4,10,13-14H,5-7H2,(H,15,16). The Morgan fingerprint density at radius 1 is 1.50 bits per heavy atom. The summed E-state index contributed by atoms with van der Waals surface area (Å²) < 4.78 is 0. The maximum absolute atomic E-state index is 10.5. The molecular weight excluding hydrogens is 230 g/mol. The van der Waals surface area contributed by atoms with Crippen LogP contribution >= 0.6 is 11.6 Å². The second-order valence-electron chi connectivity index (χ2n) is 3.46. The monoisotopic (exact) mass is 243 g/mol. The average molecular weight is 244 g/mol. The van der Waals surface area contributed by atoms with Crippen LogP contribution in [0.2, 0.25) is 0 Å². The molecule has 0 bridgehead atoms. The van der Waals surface area contributed by atoms with Crippen LogP contribution in [-0.4, -0.2) is 34.7 Å². The SMILES string of the molecule is O=C(O)Cc1cccc(NCC(O)CCl)c1. The molecule has 4 nitrogen and oxygen atoms in total. The van der Waals surface area contributed by atoms with E-state index >= 15 is 0 Å². The lowest BCUT2D eigenvalue weighted by atomic mass is 10.1. The van der Waals surface area contributed by atoms with Gasteiger partial charge in [0.2, 0.25) is 0 Å². The first kappa shape index (κ1) is 12.8. The van der Waals surface area contributed by atoms with Crippen LogP contribution in [0.4, 0.5) is 5.69 Å². The lowest BCUT2D eigenvalue weighted by Crippen LogP contribution is -2.20. The number of aliphatic hydroxyl groups excluding tert-OH is 1. The van der Waals surface area contributed by atoms with Crippen LogP contribution in [0.25, 0.3) is 0 Å². The van der Waals surface area contributed by atoms with Gasteiger partial charge < -0.3 is 15.5 Å². The fraction of sp³-hybridized carbons (Fsp3) is 0.364. The Morgan fingerprint density at radius 3 is 2.88 bits per heavy atom. The number of hydrogen-bond acceptors (Lipinski definition) is 3. The first-order valence-electron chi connectivity index (χ1n) is 4.90. The summed E-state index contributed by atoms with van der Waals surface area (Å²) in [6, 6.07) is 7.08. The number of carboxylic acids is 1. The fourth-order valence-electron chi connectivity index (χ4n) is 1.26. The van der Waals surface area contributed by atoms with Crippen molar-refractivity contribution in [2.75, 3.05) is 17.7 Å². The van der Waals surface area contributed by atoms with E-state index in [0.717, 1.165) is 11.3 Å². The molecule has 5 heteroatoms. The molecule has 3 N–H and O–H groups in total. The third-order valence-electron chi connectivity index (χ3n) is 2.00. The molecule has 0 aliphatic heterocycles. The van der Waals surface area contributed by atoms with Crippen molar-refractivity contribution in [1.29, 1.82) is 0 Å². The summed E-state index contributed by atoms with van der Waals surface area (Å²) in [5, 5.41) is 20.9. The molecule has 0 saturated heterocycles. The maximum atomic E-state index is 10.5. The van der Waals surface area contributed by atoms with Gasteiger partial charge in [-0.25, -0.2) is 0 Å². The number of carboxylic acid groups (broad SMARTS) is 1. The number of alkyl halides is 1. The number of carbonyl (C=O) groups is 1. The van der Waals surface area contributed by atoms with Gasteiger partial charge in [-0.2, -0.15) is 0 Å². The van der Waals surface area contributed by atoms with Gasteiger partial charge in [0.15, 0.2) is 0 Å². The van der Waals surface area contributed by atoms with Crippen molar-refractivity contribution >= 4 is 23.3 Å². The zero-order chi connectivity index (χ0) is 12.0. The first-order valence-corrected chi connectivity index (χ1v) is 5.44. The second kappa shape index (κ2) is 6.35. The Morgan fingerprint density at radius 2 is 2.25 bits per heavy atom. The highest BCUT2D eigenvalue weighted by Gasteiger charge is 2.03. The van der Waals surface area contributed by atoms with Crippen LogP contribution in [0.1, 0.15) is 5.56 Å². The fourth-order valence-corrected chi connectivity index (χ4v) is 1.37. The van der Waals surface area contributed by atoms with E-state index in [-0.39, 0.29) is 12.3 Å². The van der Waals surface area contributed by atoms with Crippen LogP contribution in [0.3, 0.4) is 0 Å². The summed E-state index contributed by atoms with van der Waals surface area (Å²) >= 11 is 5.45. The predicted molar refractivity (Wildman–Crippen MR) is 63.0 cm³/mol. The van der Waals surface area contributed by atoms with Gasteiger partial charge in [-0.3, -0.25) is 4.79 Å². The van der Waals surface area contributed by atoms with Crippen molar-refractivity contribution in [1.82, 2.24) is 0 Å². The molecule has 1 rings (SSSR count). The molecule has 1 aromatic carbocycles. The molecule has 1 aromatic rings. The number of halogens is 1. The van der Waals surface area contributed by atoms with Crippen LogP contribution in [0, 0.1) is 0 Å². The van der Waals surface area contributed by atoms with Crippen molar-refractivity contribution in [3.63, 3.8) is 0 Å². The smallest absolute Gasteiger partial charge is 0.307 e. The molecule has 0 aliphatic carbocycles. The highest BCUT2D eigenvalue weighted by atomic mass is 35.5. The molecule has 0 fully saturated rings. The minimum atomic E-state index is -0.863. The van der Waals surface area contributed by atoms with E-state index in [0.29, 0.717) is 6.54 Å². The molecule has 0 spiro atoms. The Labute approximate surface area is 98.9 Å². The Hall–Kier alpha value is -1.26. The van der Waals surface area contributed by atoms with Gasteiger partial charge >= 0.3 is 5.97 Å². The van der Waals surface area contributed by atoms with E-state index in [1.807, 2.05) is 6.07 Å². The summed E-state index contributed by atoms with van der Waals surface area (Å²) in [6.07, 6.45) is -0.613. The summed E-state index contributed by atoms with van der Waals surface area (Å²) in [4.78, 5) is 10.5. The number of aliphatic carboxylic acids is 1. The summed E-state index contributed by atoms with van der Waals surface area (Å²) in [5.41, 5.74) is 1.50. The third-order valence-corrected chi connectivity index (χ3v) is 2.36. The number of rotatable bonds is 6. The van der Waals surface area contributed by atoms with Gasteiger partial charge in [0.25, 0.3) is 0 Å². The molecular formula is C11H14ClNO3. The second-order valence-corrected chi connectivity index (χ2v) is 3.77. The topological polar surface area (TPSA) is 69.6 Å². The largest absolute Gasteiger partial charge is 0.481 e. The van der Waals surface area contributed by atoms with Gasteiger partial charge in [-0.05, 0) is 17.7 Å².